The number of carbonyl (C=O) groups excluding carboxylic acids is 1. The summed E-state index contributed by atoms with van der Waals surface area (Å²) in [5.74, 6) is -0.109. The fourth-order valence-electron chi connectivity index (χ4n) is 1.95. The second-order valence-corrected chi connectivity index (χ2v) is 6.52. The Morgan fingerprint density at radius 2 is 2.18 bits per heavy atom. The summed E-state index contributed by atoms with van der Waals surface area (Å²) < 4.78 is 27.1. The van der Waals surface area contributed by atoms with Gasteiger partial charge in [-0.15, -0.1) is 0 Å². The van der Waals surface area contributed by atoms with Crippen LogP contribution in [0.3, 0.4) is 0 Å². The molecule has 94 valence electrons. The SMILES string of the molecule is CS(=O)(=O)Cc1noc(C2CCCCC2=O)n1. The smallest absolute Gasteiger partial charge is 0.237 e. The molecule has 0 radical (unpaired) electrons. The van der Waals surface area contributed by atoms with E-state index in [2.05, 4.69) is 10.1 Å². The van der Waals surface area contributed by atoms with Crippen LogP contribution in [0.4, 0.5) is 0 Å². The van der Waals surface area contributed by atoms with E-state index in [0.717, 1.165) is 19.1 Å². The van der Waals surface area contributed by atoms with Crippen molar-refractivity contribution in [1.82, 2.24) is 10.1 Å². The molecule has 1 aliphatic rings. The maximum atomic E-state index is 11.6. The summed E-state index contributed by atoms with van der Waals surface area (Å²) in [5, 5.41) is 3.59. The monoisotopic (exact) mass is 258 g/mol. The molecule has 1 fully saturated rings. The van der Waals surface area contributed by atoms with Crippen LogP contribution >= 0.6 is 0 Å². The lowest BCUT2D eigenvalue weighted by atomic mass is 9.88. The molecule has 2 rings (SSSR count). The summed E-state index contributed by atoms with van der Waals surface area (Å²) in [7, 11) is -3.18. The maximum absolute atomic E-state index is 11.6. The number of nitrogens with zero attached hydrogens (tertiary/aromatic N) is 2. The third-order valence-electron chi connectivity index (χ3n) is 2.73. The van der Waals surface area contributed by atoms with Gasteiger partial charge >= 0.3 is 0 Å². The Bertz CT molecular complexity index is 520. The van der Waals surface area contributed by atoms with Crippen molar-refractivity contribution in [3.8, 4) is 0 Å². The number of hydrogen-bond acceptors (Lipinski definition) is 6. The third-order valence-corrected chi connectivity index (χ3v) is 3.51. The molecule has 1 aromatic rings. The highest BCUT2D eigenvalue weighted by atomic mass is 32.2. The Kier molecular flexibility index (Phi) is 3.28. The highest BCUT2D eigenvalue weighted by Crippen LogP contribution is 2.28. The lowest BCUT2D eigenvalue weighted by molar-refractivity contribution is -0.122. The van der Waals surface area contributed by atoms with Gasteiger partial charge in [0.1, 0.15) is 11.5 Å². The van der Waals surface area contributed by atoms with E-state index in [1.165, 1.54) is 0 Å². The van der Waals surface area contributed by atoms with Gasteiger partial charge in [-0.2, -0.15) is 4.98 Å². The molecule has 1 aliphatic carbocycles. The molecular weight excluding hydrogens is 244 g/mol. The Balaban J connectivity index is 2.15. The van der Waals surface area contributed by atoms with Crippen LogP contribution in [0.25, 0.3) is 0 Å². The van der Waals surface area contributed by atoms with Crippen molar-refractivity contribution in [3.63, 3.8) is 0 Å². The van der Waals surface area contributed by atoms with Crippen LogP contribution in [0.2, 0.25) is 0 Å². The zero-order chi connectivity index (χ0) is 12.5. The van der Waals surface area contributed by atoms with Crippen LogP contribution in [0.5, 0.6) is 0 Å². The third kappa shape index (κ3) is 3.12. The van der Waals surface area contributed by atoms with E-state index in [1.807, 2.05) is 0 Å². The molecule has 1 saturated carbocycles. The van der Waals surface area contributed by atoms with Crippen LogP contribution in [-0.4, -0.2) is 30.6 Å². The van der Waals surface area contributed by atoms with Crippen molar-refractivity contribution in [1.29, 1.82) is 0 Å². The van der Waals surface area contributed by atoms with Gasteiger partial charge in [-0.3, -0.25) is 4.79 Å². The molecule has 0 N–H and O–H groups in total. The Hall–Kier alpha value is -1.24. The first-order chi connectivity index (χ1) is 7.96. The van der Waals surface area contributed by atoms with Crippen molar-refractivity contribution in [2.45, 2.75) is 37.4 Å². The van der Waals surface area contributed by atoms with Crippen molar-refractivity contribution in [2.75, 3.05) is 6.26 Å². The minimum absolute atomic E-state index is 0.103. The quantitative estimate of drug-likeness (QED) is 0.798. The maximum Gasteiger partial charge on any atom is 0.237 e. The van der Waals surface area contributed by atoms with Crippen molar-refractivity contribution in [2.24, 2.45) is 0 Å². The Morgan fingerprint density at radius 3 is 2.82 bits per heavy atom. The van der Waals surface area contributed by atoms with Gasteiger partial charge in [0.15, 0.2) is 15.7 Å². The number of sulfone groups is 1. The first-order valence-electron chi connectivity index (χ1n) is 5.48. The number of Topliss-reactive ketones (excluding diaryl/α,β-unsaturated/α-hetero) is 1. The van der Waals surface area contributed by atoms with Crippen molar-refractivity contribution in [3.05, 3.63) is 11.7 Å². The van der Waals surface area contributed by atoms with Crippen LogP contribution in [0, 0.1) is 0 Å². The van der Waals surface area contributed by atoms with Crippen LogP contribution in [0.15, 0.2) is 4.52 Å². The second kappa shape index (κ2) is 4.56. The molecule has 0 bridgehead atoms. The molecule has 1 unspecified atom stereocenters. The van der Waals surface area contributed by atoms with Gasteiger partial charge < -0.3 is 4.52 Å². The summed E-state index contributed by atoms with van der Waals surface area (Å²) in [4.78, 5) is 15.6. The lowest BCUT2D eigenvalue weighted by Crippen LogP contribution is -2.17. The first kappa shape index (κ1) is 12.2. The zero-order valence-corrected chi connectivity index (χ0v) is 10.4. The minimum atomic E-state index is -3.18. The molecule has 6 nitrogen and oxygen atoms in total. The molecule has 17 heavy (non-hydrogen) atoms. The minimum Gasteiger partial charge on any atom is -0.339 e. The fraction of sp³-hybridized carbons (Fsp3) is 0.700. The standard InChI is InChI=1S/C10H14N2O4S/c1-17(14,15)6-9-11-10(16-12-9)7-4-2-3-5-8(7)13/h7H,2-6H2,1H3. The van der Waals surface area contributed by atoms with Crippen LogP contribution < -0.4 is 0 Å². The summed E-state index contributed by atoms with van der Waals surface area (Å²) >= 11 is 0. The van der Waals surface area contributed by atoms with E-state index in [4.69, 9.17) is 4.52 Å². The first-order valence-corrected chi connectivity index (χ1v) is 7.55. The predicted molar refractivity (Wildman–Crippen MR) is 59.1 cm³/mol. The number of carbonyl (C=O) groups is 1. The normalized spacial score (nSPS) is 21.7. The van der Waals surface area contributed by atoms with Crippen molar-refractivity contribution >= 4 is 15.6 Å². The predicted octanol–water partition coefficient (Wildman–Crippen LogP) is 0.841. The molecule has 7 heteroatoms. The van der Waals surface area contributed by atoms with Crippen LogP contribution in [0.1, 0.15) is 43.3 Å². The number of rotatable bonds is 3. The topological polar surface area (TPSA) is 90.1 Å². The summed E-state index contributed by atoms with van der Waals surface area (Å²) in [6.07, 6.45) is 4.21. The van der Waals surface area contributed by atoms with E-state index < -0.39 is 9.84 Å². The molecule has 0 spiro atoms. The van der Waals surface area contributed by atoms with E-state index in [9.17, 15) is 13.2 Å². The molecule has 0 aromatic carbocycles. The molecule has 0 aliphatic heterocycles. The molecular formula is C10H14N2O4S. The Morgan fingerprint density at radius 1 is 1.41 bits per heavy atom. The van der Waals surface area contributed by atoms with Gasteiger partial charge in [0.05, 0.1) is 5.92 Å². The average Bonchev–Trinajstić information content (AvgIpc) is 2.64. The summed E-state index contributed by atoms with van der Waals surface area (Å²) in [6.45, 7) is 0. The second-order valence-electron chi connectivity index (χ2n) is 4.38. The fourth-order valence-corrected chi connectivity index (χ4v) is 2.53. The number of ketones is 1. The van der Waals surface area contributed by atoms with Gasteiger partial charge in [-0.05, 0) is 12.8 Å². The molecule has 0 amide bonds. The van der Waals surface area contributed by atoms with Crippen LogP contribution in [-0.2, 0) is 20.4 Å². The van der Waals surface area contributed by atoms with Gasteiger partial charge in [-0.25, -0.2) is 8.42 Å². The van der Waals surface area contributed by atoms with Gasteiger partial charge in [0.2, 0.25) is 5.89 Å². The van der Waals surface area contributed by atoms with E-state index in [0.29, 0.717) is 12.8 Å². The average molecular weight is 258 g/mol. The van der Waals surface area contributed by atoms with E-state index >= 15 is 0 Å². The molecule has 1 atom stereocenters. The highest BCUT2D eigenvalue weighted by Gasteiger charge is 2.29. The zero-order valence-electron chi connectivity index (χ0n) is 9.55. The van der Waals surface area contributed by atoms with Gasteiger partial charge in [0, 0.05) is 12.7 Å². The molecule has 1 heterocycles. The van der Waals surface area contributed by atoms with E-state index in [-0.39, 0.29) is 29.2 Å². The van der Waals surface area contributed by atoms with E-state index in [1.54, 1.807) is 0 Å². The summed E-state index contributed by atoms with van der Waals surface area (Å²) in [5.41, 5.74) is 0. The summed E-state index contributed by atoms with van der Waals surface area (Å²) in [6, 6.07) is 0. The highest BCUT2D eigenvalue weighted by molar-refractivity contribution is 7.89. The number of aromatic nitrogens is 2. The van der Waals surface area contributed by atoms with Gasteiger partial charge in [0.25, 0.3) is 0 Å². The molecule has 1 aromatic heterocycles. The largest absolute Gasteiger partial charge is 0.339 e. The van der Waals surface area contributed by atoms with Gasteiger partial charge in [-0.1, -0.05) is 11.6 Å². The Labute approximate surface area is 99.3 Å². The molecule has 0 saturated heterocycles. The number of hydrogen-bond donors (Lipinski definition) is 0. The lowest BCUT2D eigenvalue weighted by Gasteiger charge is -2.16. The van der Waals surface area contributed by atoms with Crippen molar-refractivity contribution < 1.29 is 17.7 Å².